The molecule has 4 atom stereocenters. The van der Waals surface area contributed by atoms with Crippen LogP contribution in [0.3, 0.4) is 0 Å². The second-order valence-electron chi connectivity index (χ2n) is 3.94. The summed E-state index contributed by atoms with van der Waals surface area (Å²) in [5.74, 6) is 0.200. The number of ether oxygens (including phenoxy) is 1. The molecule has 0 aliphatic heterocycles. The SMILES string of the molecule is O=C[C@H](Oc1ccc(O)cc1)[C@@H](O)[C@H](O)[C@H](O)CO. The van der Waals surface area contributed by atoms with Gasteiger partial charge in [-0.2, -0.15) is 0 Å². The summed E-state index contributed by atoms with van der Waals surface area (Å²) < 4.78 is 5.11. The van der Waals surface area contributed by atoms with E-state index in [1.807, 2.05) is 0 Å². The number of hydrogen-bond acceptors (Lipinski definition) is 7. The van der Waals surface area contributed by atoms with Crippen molar-refractivity contribution in [3.63, 3.8) is 0 Å². The van der Waals surface area contributed by atoms with Gasteiger partial charge in [0, 0.05) is 0 Å². The van der Waals surface area contributed by atoms with E-state index in [1.165, 1.54) is 24.3 Å². The standard InChI is InChI=1S/C12H16O7/c13-5-9(16)11(17)12(18)10(6-14)19-8-3-1-7(15)2-4-8/h1-4,6,9-13,15-18H,5H2/t9-,10+,11-,12-/m1/s1. The molecule has 7 heteroatoms. The van der Waals surface area contributed by atoms with Crippen LogP contribution in [0.25, 0.3) is 0 Å². The minimum atomic E-state index is -1.72. The molecule has 0 radical (unpaired) electrons. The van der Waals surface area contributed by atoms with Crippen molar-refractivity contribution in [1.82, 2.24) is 0 Å². The molecule has 0 unspecified atom stereocenters. The van der Waals surface area contributed by atoms with E-state index >= 15 is 0 Å². The molecular weight excluding hydrogens is 256 g/mol. The van der Waals surface area contributed by atoms with Crippen LogP contribution in [0.5, 0.6) is 11.5 Å². The second-order valence-corrected chi connectivity index (χ2v) is 3.94. The Balaban J connectivity index is 2.72. The Morgan fingerprint density at radius 2 is 1.68 bits per heavy atom. The lowest BCUT2D eigenvalue weighted by Gasteiger charge is -2.26. The van der Waals surface area contributed by atoms with Gasteiger partial charge in [-0.05, 0) is 24.3 Å². The van der Waals surface area contributed by atoms with Gasteiger partial charge in [0.25, 0.3) is 0 Å². The molecule has 0 heterocycles. The maximum Gasteiger partial charge on any atom is 0.182 e. The highest BCUT2D eigenvalue weighted by molar-refractivity contribution is 5.58. The highest BCUT2D eigenvalue weighted by Gasteiger charge is 2.32. The average Bonchev–Trinajstić information content (AvgIpc) is 2.44. The Bertz CT molecular complexity index is 392. The first-order valence-corrected chi connectivity index (χ1v) is 5.55. The molecule has 0 spiro atoms. The third kappa shape index (κ3) is 4.18. The zero-order valence-electron chi connectivity index (χ0n) is 9.96. The van der Waals surface area contributed by atoms with E-state index in [9.17, 15) is 20.1 Å². The summed E-state index contributed by atoms with van der Waals surface area (Å²) in [6.45, 7) is -0.761. The van der Waals surface area contributed by atoms with Crippen LogP contribution in [0.15, 0.2) is 24.3 Å². The van der Waals surface area contributed by atoms with Crippen molar-refractivity contribution in [3.8, 4) is 11.5 Å². The lowest BCUT2D eigenvalue weighted by atomic mass is 10.0. The van der Waals surface area contributed by atoms with Gasteiger partial charge in [-0.3, -0.25) is 4.79 Å². The third-order valence-corrected chi connectivity index (χ3v) is 2.51. The molecule has 106 valence electrons. The summed E-state index contributed by atoms with van der Waals surface area (Å²) in [5, 5.41) is 46.0. The molecule has 0 aliphatic carbocycles. The Labute approximate surface area is 109 Å². The van der Waals surface area contributed by atoms with E-state index in [4.69, 9.17) is 14.9 Å². The fraction of sp³-hybridized carbons (Fsp3) is 0.417. The molecule has 0 aromatic heterocycles. The van der Waals surface area contributed by atoms with E-state index in [0.29, 0.717) is 0 Å². The van der Waals surface area contributed by atoms with Crippen molar-refractivity contribution >= 4 is 6.29 Å². The predicted molar refractivity (Wildman–Crippen MR) is 63.7 cm³/mol. The number of aromatic hydroxyl groups is 1. The summed E-state index contributed by atoms with van der Waals surface area (Å²) >= 11 is 0. The fourth-order valence-electron chi connectivity index (χ4n) is 1.39. The number of phenolic OH excluding ortho intramolecular Hbond substituents is 1. The number of aliphatic hydroxyl groups excluding tert-OH is 4. The Morgan fingerprint density at radius 3 is 2.16 bits per heavy atom. The maximum absolute atomic E-state index is 10.8. The first kappa shape index (κ1) is 15.4. The van der Waals surface area contributed by atoms with Gasteiger partial charge in [-0.15, -0.1) is 0 Å². The van der Waals surface area contributed by atoms with Crippen molar-refractivity contribution in [2.45, 2.75) is 24.4 Å². The number of aldehydes is 1. The van der Waals surface area contributed by atoms with Crippen molar-refractivity contribution in [3.05, 3.63) is 24.3 Å². The van der Waals surface area contributed by atoms with Gasteiger partial charge in [0.05, 0.1) is 6.61 Å². The summed E-state index contributed by atoms with van der Waals surface area (Å²) in [7, 11) is 0. The van der Waals surface area contributed by atoms with Gasteiger partial charge >= 0.3 is 0 Å². The van der Waals surface area contributed by atoms with Crippen LogP contribution in [-0.4, -0.2) is 62.8 Å². The summed E-state index contributed by atoms with van der Waals surface area (Å²) in [5.41, 5.74) is 0. The van der Waals surface area contributed by atoms with E-state index in [1.54, 1.807) is 0 Å². The molecule has 1 aromatic carbocycles. The fourth-order valence-corrected chi connectivity index (χ4v) is 1.39. The molecule has 7 nitrogen and oxygen atoms in total. The highest BCUT2D eigenvalue weighted by Crippen LogP contribution is 2.18. The largest absolute Gasteiger partial charge is 0.508 e. The zero-order valence-corrected chi connectivity index (χ0v) is 9.96. The maximum atomic E-state index is 10.8. The minimum absolute atomic E-state index is 0.00582. The van der Waals surface area contributed by atoms with E-state index < -0.39 is 31.0 Å². The van der Waals surface area contributed by atoms with Gasteiger partial charge in [0.15, 0.2) is 12.4 Å². The Kier molecular flexibility index (Phi) is 5.71. The van der Waals surface area contributed by atoms with Crippen LogP contribution in [0, 0.1) is 0 Å². The van der Waals surface area contributed by atoms with E-state index in [2.05, 4.69) is 0 Å². The smallest absolute Gasteiger partial charge is 0.182 e. The molecule has 0 bridgehead atoms. The molecule has 0 amide bonds. The topological polar surface area (TPSA) is 127 Å². The summed E-state index contributed by atoms with van der Waals surface area (Å²) in [4.78, 5) is 10.8. The van der Waals surface area contributed by atoms with E-state index in [0.717, 1.165) is 0 Å². The monoisotopic (exact) mass is 272 g/mol. The second kappa shape index (κ2) is 7.05. The van der Waals surface area contributed by atoms with E-state index in [-0.39, 0.29) is 17.8 Å². The lowest BCUT2D eigenvalue weighted by molar-refractivity contribution is -0.133. The van der Waals surface area contributed by atoms with Gasteiger partial charge in [-0.25, -0.2) is 0 Å². The van der Waals surface area contributed by atoms with Crippen LogP contribution in [0.1, 0.15) is 0 Å². The predicted octanol–water partition coefficient (Wildman–Crippen LogP) is -1.59. The van der Waals surface area contributed by atoms with Crippen LogP contribution in [-0.2, 0) is 4.79 Å². The molecule has 0 saturated heterocycles. The molecule has 19 heavy (non-hydrogen) atoms. The van der Waals surface area contributed by atoms with Gasteiger partial charge in [0.1, 0.15) is 29.8 Å². The molecule has 0 saturated carbocycles. The first-order chi connectivity index (χ1) is 8.99. The van der Waals surface area contributed by atoms with Crippen molar-refractivity contribution in [2.24, 2.45) is 0 Å². The normalized spacial score (nSPS) is 17.3. The molecule has 1 aromatic rings. The summed E-state index contributed by atoms with van der Waals surface area (Å²) in [6.07, 6.45) is -6.16. The van der Waals surface area contributed by atoms with Gasteiger partial charge < -0.3 is 30.3 Å². The number of carbonyl (C=O) groups excluding carboxylic acids is 1. The van der Waals surface area contributed by atoms with Crippen LogP contribution < -0.4 is 4.74 Å². The Morgan fingerprint density at radius 1 is 1.11 bits per heavy atom. The lowest BCUT2D eigenvalue weighted by Crippen LogP contribution is -2.48. The van der Waals surface area contributed by atoms with Gasteiger partial charge in [0.2, 0.25) is 0 Å². The number of hydrogen-bond donors (Lipinski definition) is 5. The van der Waals surface area contributed by atoms with Crippen molar-refractivity contribution < 1.29 is 35.1 Å². The first-order valence-electron chi connectivity index (χ1n) is 5.55. The third-order valence-electron chi connectivity index (χ3n) is 2.51. The number of benzene rings is 1. The molecule has 0 fully saturated rings. The van der Waals surface area contributed by atoms with Crippen LogP contribution >= 0.6 is 0 Å². The molecule has 1 rings (SSSR count). The Hall–Kier alpha value is -1.67. The molecule has 5 N–H and O–H groups in total. The zero-order chi connectivity index (χ0) is 14.4. The average molecular weight is 272 g/mol. The minimum Gasteiger partial charge on any atom is -0.508 e. The quantitative estimate of drug-likeness (QED) is 0.379. The van der Waals surface area contributed by atoms with Crippen LogP contribution in [0.4, 0.5) is 0 Å². The van der Waals surface area contributed by atoms with Gasteiger partial charge in [-0.1, -0.05) is 0 Å². The summed E-state index contributed by atoms with van der Waals surface area (Å²) in [6, 6.07) is 5.38. The number of carbonyl (C=O) groups is 1. The van der Waals surface area contributed by atoms with Crippen molar-refractivity contribution in [2.75, 3.05) is 6.61 Å². The van der Waals surface area contributed by atoms with Crippen LogP contribution in [0.2, 0.25) is 0 Å². The highest BCUT2D eigenvalue weighted by atomic mass is 16.5. The molecular formula is C12H16O7. The molecule has 0 aliphatic rings. The number of rotatable bonds is 7. The number of phenols is 1. The van der Waals surface area contributed by atoms with Crippen molar-refractivity contribution in [1.29, 1.82) is 0 Å². The number of aliphatic hydroxyl groups is 4.